The van der Waals surface area contributed by atoms with Gasteiger partial charge in [-0.15, -0.1) is 0 Å². The second-order valence-electron chi connectivity index (χ2n) is 7.43. The highest BCUT2D eigenvalue weighted by Gasteiger charge is 2.35. The maximum Gasteiger partial charge on any atom is 0.223 e. The molecule has 1 atom stereocenters. The van der Waals surface area contributed by atoms with E-state index in [2.05, 4.69) is 29.2 Å². The van der Waals surface area contributed by atoms with E-state index in [1.54, 1.807) is 11.8 Å². The van der Waals surface area contributed by atoms with Gasteiger partial charge in [-0.1, -0.05) is 24.3 Å². The summed E-state index contributed by atoms with van der Waals surface area (Å²) in [5, 5.41) is 0. The van der Waals surface area contributed by atoms with Gasteiger partial charge in [-0.3, -0.25) is 14.5 Å². The number of fused-ring (bicyclic) bond motifs is 1. The van der Waals surface area contributed by atoms with Crippen LogP contribution in [0.5, 0.6) is 0 Å². The van der Waals surface area contributed by atoms with Crippen molar-refractivity contribution in [2.24, 2.45) is 0 Å². The van der Waals surface area contributed by atoms with Crippen LogP contribution in [-0.2, 0) is 16.0 Å². The lowest BCUT2D eigenvalue weighted by Gasteiger charge is -2.45. The van der Waals surface area contributed by atoms with Gasteiger partial charge in [0.1, 0.15) is 0 Å². The number of likely N-dealkylation sites (tertiary alicyclic amines) is 1. The molecule has 0 saturated carbocycles. The molecule has 2 heterocycles. The van der Waals surface area contributed by atoms with Crippen LogP contribution in [-0.4, -0.2) is 66.3 Å². The van der Waals surface area contributed by atoms with Gasteiger partial charge in [0.15, 0.2) is 0 Å². The van der Waals surface area contributed by atoms with Gasteiger partial charge in [0.2, 0.25) is 11.8 Å². The SMILES string of the molecule is CC(=O)N1CCC(N2CCc3ccccc3C2CC(=O)N(C)C)CC1. The number of hydrogen-bond acceptors (Lipinski definition) is 3. The molecule has 0 bridgehead atoms. The minimum atomic E-state index is 0.147. The van der Waals surface area contributed by atoms with Gasteiger partial charge in [0.05, 0.1) is 0 Å². The van der Waals surface area contributed by atoms with Crippen molar-refractivity contribution in [1.82, 2.24) is 14.7 Å². The zero-order valence-corrected chi connectivity index (χ0v) is 15.6. The number of carbonyl (C=O) groups is 2. The molecule has 0 aliphatic carbocycles. The number of piperidine rings is 1. The van der Waals surface area contributed by atoms with Crippen molar-refractivity contribution in [2.45, 2.75) is 44.7 Å². The van der Waals surface area contributed by atoms with Crippen molar-refractivity contribution >= 4 is 11.8 Å². The second kappa shape index (κ2) is 7.56. The van der Waals surface area contributed by atoms with Gasteiger partial charge in [-0.2, -0.15) is 0 Å². The van der Waals surface area contributed by atoms with E-state index in [4.69, 9.17) is 0 Å². The molecule has 0 aromatic heterocycles. The number of carbonyl (C=O) groups excluding carboxylic acids is 2. The van der Waals surface area contributed by atoms with Crippen molar-refractivity contribution in [1.29, 1.82) is 0 Å². The Bertz CT molecular complexity index is 636. The number of amides is 2. The van der Waals surface area contributed by atoms with Gasteiger partial charge in [-0.05, 0) is 30.4 Å². The summed E-state index contributed by atoms with van der Waals surface area (Å²) < 4.78 is 0. The summed E-state index contributed by atoms with van der Waals surface area (Å²) in [5.74, 6) is 0.342. The average molecular weight is 343 g/mol. The minimum absolute atomic E-state index is 0.147. The van der Waals surface area contributed by atoms with Crippen LogP contribution in [0.3, 0.4) is 0 Å². The van der Waals surface area contributed by atoms with Crippen LogP contribution >= 0.6 is 0 Å². The van der Waals surface area contributed by atoms with E-state index < -0.39 is 0 Å². The summed E-state index contributed by atoms with van der Waals surface area (Å²) in [6.45, 7) is 4.29. The fraction of sp³-hybridized carbons (Fsp3) is 0.600. The lowest BCUT2D eigenvalue weighted by atomic mass is 9.87. The lowest BCUT2D eigenvalue weighted by molar-refractivity contribution is -0.131. The summed E-state index contributed by atoms with van der Waals surface area (Å²) in [5.41, 5.74) is 2.68. The molecule has 1 saturated heterocycles. The third kappa shape index (κ3) is 3.87. The van der Waals surface area contributed by atoms with Crippen LogP contribution in [0.1, 0.15) is 43.4 Å². The summed E-state index contributed by atoms with van der Waals surface area (Å²) in [6.07, 6.45) is 3.55. The second-order valence-corrected chi connectivity index (χ2v) is 7.43. The number of rotatable bonds is 3. The highest BCUT2D eigenvalue weighted by atomic mass is 16.2. The zero-order valence-electron chi connectivity index (χ0n) is 15.6. The number of nitrogens with zero attached hydrogens (tertiary/aromatic N) is 3. The van der Waals surface area contributed by atoms with Crippen molar-refractivity contribution in [3.63, 3.8) is 0 Å². The third-order valence-electron chi connectivity index (χ3n) is 5.70. The van der Waals surface area contributed by atoms with Gasteiger partial charge in [0, 0.05) is 59.2 Å². The predicted octanol–water partition coefficient (Wildman–Crippen LogP) is 2.08. The third-order valence-corrected chi connectivity index (χ3v) is 5.70. The first-order valence-electron chi connectivity index (χ1n) is 9.26. The summed E-state index contributed by atoms with van der Waals surface area (Å²) >= 11 is 0. The van der Waals surface area contributed by atoms with Crippen LogP contribution in [0.4, 0.5) is 0 Å². The Hall–Kier alpha value is -1.88. The normalized spacial score (nSPS) is 21.7. The maximum atomic E-state index is 12.4. The molecule has 2 aliphatic heterocycles. The minimum Gasteiger partial charge on any atom is -0.349 e. The molecule has 25 heavy (non-hydrogen) atoms. The van der Waals surface area contributed by atoms with E-state index in [9.17, 15) is 9.59 Å². The first-order chi connectivity index (χ1) is 12.0. The molecule has 136 valence electrons. The van der Waals surface area contributed by atoms with Crippen molar-refractivity contribution in [3.05, 3.63) is 35.4 Å². The molecule has 1 aromatic carbocycles. The van der Waals surface area contributed by atoms with E-state index in [0.717, 1.165) is 38.9 Å². The van der Waals surface area contributed by atoms with Crippen molar-refractivity contribution in [2.75, 3.05) is 33.7 Å². The molecule has 3 rings (SSSR count). The standard InChI is InChI=1S/C20H29N3O2/c1-15(24)22-11-9-17(10-12-22)23-13-8-16-6-4-5-7-18(16)19(23)14-20(25)21(2)3/h4-7,17,19H,8-14H2,1-3H3. The van der Waals surface area contributed by atoms with E-state index in [1.165, 1.54) is 11.1 Å². The lowest BCUT2D eigenvalue weighted by Crippen LogP contribution is -2.50. The van der Waals surface area contributed by atoms with Crippen LogP contribution in [0.15, 0.2) is 24.3 Å². The average Bonchev–Trinajstić information content (AvgIpc) is 2.62. The molecule has 0 N–H and O–H groups in total. The molecule has 1 fully saturated rings. The fourth-order valence-corrected chi connectivity index (χ4v) is 4.20. The Labute approximate surface area is 150 Å². The molecule has 1 aromatic rings. The predicted molar refractivity (Wildman–Crippen MR) is 98.2 cm³/mol. The number of hydrogen-bond donors (Lipinski definition) is 0. The molecule has 0 spiro atoms. The van der Waals surface area contributed by atoms with Gasteiger partial charge < -0.3 is 9.80 Å². The Balaban J connectivity index is 1.80. The number of benzene rings is 1. The smallest absolute Gasteiger partial charge is 0.223 e. The first-order valence-corrected chi connectivity index (χ1v) is 9.26. The van der Waals surface area contributed by atoms with Crippen LogP contribution < -0.4 is 0 Å². The molecule has 5 heteroatoms. The first kappa shape index (κ1) is 17.9. The van der Waals surface area contributed by atoms with Gasteiger partial charge >= 0.3 is 0 Å². The zero-order chi connectivity index (χ0) is 18.0. The van der Waals surface area contributed by atoms with Crippen molar-refractivity contribution in [3.8, 4) is 0 Å². The molecule has 2 amide bonds. The summed E-state index contributed by atoms with van der Waals surface area (Å²) in [6, 6.07) is 9.13. The molecule has 1 unspecified atom stereocenters. The molecular formula is C20H29N3O2. The maximum absolute atomic E-state index is 12.4. The van der Waals surface area contributed by atoms with Gasteiger partial charge in [-0.25, -0.2) is 0 Å². The van der Waals surface area contributed by atoms with E-state index in [0.29, 0.717) is 12.5 Å². The molecule has 5 nitrogen and oxygen atoms in total. The topological polar surface area (TPSA) is 43.9 Å². The molecular weight excluding hydrogens is 314 g/mol. The molecule has 0 radical (unpaired) electrons. The Morgan fingerprint density at radius 2 is 1.80 bits per heavy atom. The van der Waals surface area contributed by atoms with Crippen LogP contribution in [0.2, 0.25) is 0 Å². The quantitative estimate of drug-likeness (QED) is 0.844. The summed E-state index contributed by atoms with van der Waals surface area (Å²) in [7, 11) is 3.65. The van der Waals surface area contributed by atoms with Crippen molar-refractivity contribution < 1.29 is 9.59 Å². The van der Waals surface area contributed by atoms with E-state index >= 15 is 0 Å². The van der Waals surface area contributed by atoms with Gasteiger partial charge in [0.25, 0.3) is 0 Å². The highest BCUT2D eigenvalue weighted by molar-refractivity contribution is 5.76. The van der Waals surface area contributed by atoms with E-state index in [1.807, 2.05) is 19.0 Å². The Kier molecular flexibility index (Phi) is 5.42. The largest absolute Gasteiger partial charge is 0.349 e. The summed E-state index contributed by atoms with van der Waals surface area (Å²) in [4.78, 5) is 30.2. The monoisotopic (exact) mass is 343 g/mol. The van der Waals surface area contributed by atoms with Crippen LogP contribution in [0, 0.1) is 0 Å². The van der Waals surface area contributed by atoms with Crippen LogP contribution in [0.25, 0.3) is 0 Å². The van der Waals surface area contributed by atoms with E-state index in [-0.39, 0.29) is 17.9 Å². The fourth-order valence-electron chi connectivity index (χ4n) is 4.20. The Morgan fingerprint density at radius 1 is 1.12 bits per heavy atom. The molecule has 2 aliphatic rings. The highest BCUT2D eigenvalue weighted by Crippen LogP contribution is 2.36. The Morgan fingerprint density at radius 3 is 2.44 bits per heavy atom.